The number of para-hydroxylation sites is 1. The predicted octanol–water partition coefficient (Wildman–Crippen LogP) is 7.90. The molecule has 0 N–H and O–H groups in total. The van der Waals surface area contributed by atoms with Crippen molar-refractivity contribution in [3.8, 4) is 11.5 Å². The summed E-state index contributed by atoms with van der Waals surface area (Å²) in [6.45, 7) is 0. The first-order valence-corrected chi connectivity index (χ1v) is 9.92. The van der Waals surface area contributed by atoms with E-state index in [1.807, 2.05) is 0 Å². The summed E-state index contributed by atoms with van der Waals surface area (Å²) in [5.41, 5.74) is -1.58. The second-order valence-corrected chi connectivity index (χ2v) is 7.80. The average Bonchev–Trinajstić information content (AvgIpc) is 3.50. The molecule has 3 aromatic rings. The standard InChI is InChI=1S/C25H18F6O/c26-18(12-16-6-9-21(27)23(13-16)32-19-4-2-1-3-5-19)15-24(10-11-24)20-8-7-17(14-22(20)28)25(29,30)31/h1-9,13-15H,10-12H2/b18-15+. The second-order valence-electron chi connectivity index (χ2n) is 7.80. The highest BCUT2D eigenvalue weighted by molar-refractivity contribution is 5.42. The molecule has 0 radical (unpaired) electrons. The fraction of sp³-hybridized carbons (Fsp3) is 0.200. The highest BCUT2D eigenvalue weighted by Gasteiger charge is 2.45. The average molecular weight is 448 g/mol. The molecule has 4 rings (SSSR count). The monoisotopic (exact) mass is 448 g/mol. The van der Waals surface area contributed by atoms with E-state index in [1.165, 1.54) is 24.3 Å². The van der Waals surface area contributed by atoms with Crippen molar-refractivity contribution < 1.29 is 31.1 Å². The van der Waals surface area contributed by atoms with Crippen LogP contribution in [-0.2, 0) is 18.0 Å². The van der Waals surface area contributed by atoms with Crippen LogP contribution >= 0.6 is 0 Å². The first-order chi connectivity index (χ1) is 15.2. The smallest absolute Gasteiger partial charge is 0.416 e. The van der Waals surface area contributed by atoms with Crippen molar-refractivity contribution in [2.75, 3.05) is 0 Å². The van der Waals surface area contributed by atoms with Crippen molar-refractivity contribution in [1.29, 1.82) is 0 Å². The Bertz CT molecular complexity index is 1150. The molecule has 3 aromatic carbocycles. The minimum Gasteiger partial charge on any atom is -0.454 e. The van der Waals surface area contributed by atoms with Gasteiger partial charge in [0.2, 0.25) is 0 Å². The molecule has 1 aliphatic carbocycles. The van der Waals surface area contributed by atoms with E-state index in [4.69, 9.17) is 4.74 Å². The quantitative estimate of drug-likeness (QED) is 0.348. The largest absolute Gasteiger partial charge is 0.454 e. The van der Waals surface area contributed by atoms with Gasteiger partial charge in [-0.05, 0) is 66.4 Å². The van der Waals surface area contributed by atoms with E-state index in [-0.39, 0.29) is 17.7 Å². The van der Waals surface area contributed by atoms with Crippen LogP contribution in [0.5, 0.6) is 11.5 Å². The Morgan fingerprint density at radius 1 is 0.906 bits per heavy atom. The molecular formula is C25H18F6O. The van der Waals surface area contributed by atoms with Crippen LogP contribution in [0.25, 0.3) is 0 Å². The summed E-state index contributed by atoms with van der Waals surface area (Å²) in [5, 5.41) is 0. The first-order valence-electron chi connectivity index (χ1n) is 9.92. The normalized spacial score (nSPS) is 15.5. The van der Waals surface area contributed by atoms with Crippen molar-refractivity contribution >= 4 is 0 Å². The highest BCUT2D eigenvalue weighted by atomic mass is 19.4. The lowest BCUT2D eigenvalue weighted by molar-refractivity contribution is -0.137. The molecule has 0 spiro atoms. The summed E-state index contributed by atoms with van der Waals surface area (Å²) in [4.78, 5) is 0. The molecule has 1 saturated carbocycles. The van der Waals surface area contributed by atoms with Gasteiger partial charge < -0.3 is 4.74 Å². The van der Waals surface area contributed by atoms with Gasteiger partial charge in [-0.25, -0.2) is 13.2 Å². The molecule has 1 nitrogen and oxygen atoms in total. The molecule has 7 heteroatoms. The van der Waals surface area contributed by atoms with Crippen LogP contribution in [0.4, 0.5) is 26.3 Å². The zero-order chi connectivity index (χ0) is 22.9. The lowest BCUT2D eigenvalue weighted by atomic mass is 9.92. The van der Waals surface area contributed by atoms with Gasteiger partial charge in [-0.2, -0.15) is 13.2 Å². The van der Waals surface area contributed by atoms with Gasteiger partial charge in [-0.15, -0.1) is 0 Å². The van der Waals surface area contributed by atoms with Gasteiger partial charge in [-0.1, -0.05) is 30.3 Å². The third-order valence-electron chi connectivity index (χ3n) is 5.39. The molecule has 0 atom stereocenters. The fourth-order valence-electron chi connectivity index (χ4n) is 3.62. The Morgan fingerprint density at radius 3 is 2.25 bits per heavy atom. The van der Waals surface area contributed by atoms with Crippen molar-refractivity contribution in [2.45, 2.75) is 30.9 Å². The number of rotatable bonds is 6. The van der Waals surface area contributed by atoms with Crippen LogP contribution in [0.2, 0.25) is 0 Å². The van der Waals surface area contributed by atoms with E-state index in [0.29, 0.717) is 30.2 Å². The Morgan fingerprint density at radius 2 is 1.62 bits per heavy atom. The minimum atomic E-state index is -4.65. The summed E-state index contributed by atoms with van der Waals surface area (Å²) >= 11 is 0. The molecule has 0 aromatic heterocycles. The Balaban J connectivity index is 1.53. The summed E-state index contributed by atoms with van der Waals surface area (Å²) in [7, 11) is 0. The highest BCUT2D eigenvalue weighted by Crippen LogP contribution is 2.51. The van der Waals surface area contributed by atoms with E-state index >= 15 is 0 Å². The fourth-order valence-corrected chi connectivity index (χ4v) is 3.62. The molecular weight excluding hydrogens is 430 g/mol. The number of hydrogen-bond acceptors (Lipinski definition) is 1. The zero-order valence-electron chi connectivity index (χ0n) is 16.7. The summed E-state index contributed by atoms with van der Waals surface area (Å²) in [5.74, 6) is -1.83. The number of halogens is 6. The maximum Gasteiger partial charge on any atom is 0.416 e. The van der Waals surface area contributed by atoms with Crippen molar-refractivity contribution in [2.24, 2.45) is 0 Å². The molecule has 1 aliphatic rings. The van der Waals surface area contributed by atoms with Crippen LogP contribution < -0.4 is 4.74 Å². The molecule has 0 bridgehead atoms. The molecule has 166 valence electrons. The van der Waals surface area contributed by atoms with E-state index in [1.54, 1.807) is 30.3 Å². The summed E-state index contributed by atoms with van der Waals surface area (Å²) in [6.07, 6.45) is -2.74. The van der Waals surface area contributed by atoms with E-state index < -0.39 is 34.6 Å². The number of hydrogen-bond donors (Lipinski definition) is 0. The molecule has 0 aliphatic heterocycles. The number of benzene rings is 3. The molecule has 0 amide bonds. The van der Waals surface area contributed by atoms with Crippen LogP contribution in [0.1, 0.15) is 29.5 Å². The Labute approximate surface area is 181 Å². The summed E-state index contributed by atoms with van der Waals surface area (Å²) in [6, 6.07) is 14.8. The van der Waals surface area contributed by atoms with Crippen LogP contribution in [0.3, 0.4) is 0 Å². The van der Waals surface area contributed by atoms with Gasteiger partial charge in [0.15, 0.2) is 11.6 Å². The van der Waals surface area contributed by atoms with Crippen molar-refractivity contribution in [1.82, 2.24) is 0 Å². The third kappa shape index (κ3) is 4.82. The topological polar surface area (TPSA) is 9.23 Å². The van der Waals surface area contributed by atoms with Crippen molar-refractivity contribution in [3.63, 3.8) is 0 Å². The van der Waals surface area contributed by atoms with Gasteiger partial charge in [0, 0.05) is 11.8 Å². The van der Waals surface area contributed by atoms with Gasteiger partial charge in [0.1, 0.15) is 17.4 Å². The maximum absolute atomic E-state index is 14.8. The predicted molar refractivity (Wildman–Crippen MR) is 108 cm³/mol. The third-order valence-corrected chi connectivity index (χ3v) is 5.39. The number of alkyl halides is 3. The molecule has 1 fully saturated rings. The zero-order valence-corrected chi connectivity index (χ0v) is 16.7. The van der Waals surface area contributed by atoms with Crippen molar-refractivity contribution in [3.05, 3.63) is 107 Å². The summed E-state index contributed by atoms with van der Waals surface area (Å²) < 4.78 is 87.2. The Hall–Kier alpha value is -3.22. The molecule has 0 heterocycles. The molecule has 0 saturated heterocycles. The van der Waals surface area contributed by atoms with E-state index in [2.05, 4.69) is 0 Å². The van der Waals surface area contributed by atoms with Crippen LogP contribution in [-0.4, -0.2) is 0 Å². The van der Waals surface area contributed by atoms with E-state index in [9.17, 15) is 26.3 Å². The van der Waals surface area contributed by atoms with Gasteiger partial charge in [0.25, 0.3) is 0 Å². The SMILES string of the molecule is F/C(=C/C1(c2ccc(C(F)(F)F)cc2F)CC1)Cc1ccc(F)c(Oc2ccccc2)c1. The molecule has 32 heavy (non-hydrogen) atoms. The van der Waals surface area contributed by atoms with Gasteiger partial charge >= 0.3 is 6.18 Å². The Kier molecular flexibility index (Phi) is 5.75. The minimum absolute atomic E-state index is 0.0351. The lowest BCUT2D eigenvalue weighted by Crippen LogP contribution is -2.11. The van der Waals surface area contributed by atoms with Crippen LogP contribution in [0, 0.1) is 11.6 Å². The first kappa shape index (κ1) is 22.0. The maximum atomic E-state index is 14.8. The van der Waals surface area contributed by atoms with Gasteiger partial charge in [0.05, 0.1) is 5.56 Å². The number of allylic oxidation sites excluding steroid dienone is 2. The second kappa shape index (κ2) is 8.37. The van der Waals surface area contributed by atoms with E-state index in [0.717, 1.165) is 12.1 Å². The lowest BCUT2D eigenvalue weighted by Gasteiger charge is -2.15. The van der Waals surface area contributed by atoms with Gasteiger partial charge in [-0.3, -0.25) is 0 Å². The number of ether oxygens (including phenoxy) is 1. The van der Waals surface area contributed by atoms with Crippen LogP contribution in [0.15, 0.2) is 78.6 Å². The molecule has 0 unspecified atom stereocenters.